The van der Waals surface area contributed by atoms with Crippen LogP contribution in [0.15, 0.2) is 36.7 Å². The molecule has 0 saturated carbocycles. The van der Waals surface area contributed by atoms with E-state index in [9.17, 15) is 0 Å². The number of benzene rings is 1. The van der Waals surface area contributed by atoms with Gasteiger partial charge in [0.1, 0.15) is 5.82 Å². The summed E-state index contributed by atoms with van der Waals surface area (Å²) >= 11 is 0. The van der Waals surface area contributed by atoms with Crippen LogP contribution in [0.1, 0.15) is 28.4 Å². The van der Waals surface area contributed by atoms with Crippen LogP contribution in [0.2, 0.25) is 0 Å². The first kappa shape index (κ1) is 14.2. The predicted octanol–water partition coefficient (Wildman–Crippen LogP) is 2.09. The van der Waals surface area contributed by atoms with Crippen molar-refractivity contribution in [3.8, 4) is 0 Å². The summed E-state index contributed by atoms with van der Waals surface area (Å²) in [6, 6.07) is 8.64. The maximum Gasteiger partial charge on any atom is 0.131 e. The number of nitrogens with one attached hydrogen (secondary N) is 1. The van der Waals surface area contributed by atoms with Gasteiger partial charge in [-0.1, -0.05) is 24.3 Å². The van der Waals surface area contributed by atoms with E-state index < -0.39 is 0 Å². The zero-order valence-corrected chi connectivity index (χ0v) is 12.4. The molecule has 0 saturated heterocycles. The van der Waals surface area contributed by atoms with E-state index >= 15 is 0 Å². The second kappa shape index (κ2) is 6.78. The summed E-state index contributed by atoms with van der Waals surface area (Å²) in [5, 5.41) is 3.30. The quantitative estimate of drug-likeness (QED) is 0.825. The second-order valence-corrected chi connectivity index (χ2v) is 5.49. The van der Waals surface area contributed by atoms with Gasteiger partial charge in [-0.2, -0.15) is 0 Å². The molecule has 21 heavy (non-hydrogen) atoms. The van der Waals surface area contributed by atoms with Crippen LogP contribution < -0.4 is 5.32 Å². The average Bonchev–Trinajstić information content (AvgIpc) is 2.96. The zero-order valence-electron chi connectivity index (χ0n) is 12.4. The smallest absolute Gasteiger partial charge is 0.131 e. The average molecular weight is 283 g/mol. The molecule has 0 radical (unpaired) electrons. The molecule has 1 N–H and O–H groups in total. The van der Waals surface area contributed by atoms with Gasteiger partial charge in [-0.3, -0.25) is 0 Å². The number of nitrogens with zero attached hydrogens (tertiary/aromatic N) is 2. The van der Waals surface area contributed by atoms with E-state index in [4.69, 9.17) is 4.74 Å². The standard InChI is InChI=1S/C17H21N3O/c1-21-7-6-18-10-13-11-19-17(20-12-13)16-8-14-4-2-3-5-15(14)9-16/h2-5,11-12,16,18H,6-10H2,1H3. The van der Waals surface area contributed by atoms with Crippen molar-refractivity contribution in [2.45, 2.75) is 25.3 Å². The molecule has 1 aliphatic carbocycles. The molecule has 0 unspecified atom stereocenters. The maximum absolute atomic E-state index is 5.00. The summed E-state index contributed by atoms with van der Waals surface area (Å²) in [4.78, 5) is 9.12. The highest BCUT2D eigenvalue weighted by atomic mass is 16.5. The molecular formula is C17H21N3O. The Morgan fingerprint density at radius 1 is 1.14 bits per heavy atom. The molecule has 1 heterocycles. The first-order chi connectivity index (χ1) is 10.4. The van der Waals surface area contributed by atoms with E-state index in [2.05, 4.69) is 39.6 Å². The number of fused-ring (bicyclic) bond motifs is 1. The fourth-order valence-electron chi connectivity index (χ4n) is 2.82. The summed E-state index contributed by atoms with van der Waals surface area (Å²) in [5.74, 6) is 1.39. The van der Waals surface area contributed by atoms with E-state index in [0.29, 0.717) is 5.92 Å². The molecule has 2 aromatic rings. The van der Waals surface area contributed by atoms with Crippen molar-refractivity contribution in [1.82, 2.24) is 15.3 Å². The summed E-state index contributed by atoms with van der Waals surface area (Å²) in [6.45, 7) is 2.35. The van der Waals surface area contributed by atoms with Gasteiger partial charge in [0.05, 0.1) is 6.61 Å². The van der Waals surface area contributed by atoms with Gasteiger partial charge < -0.3 is 10.1 Å². The molecule has 4 nitrogen and oxygen atoms in total. The molecule has 0 amide bonds. The van der Waals surface area contributed by atoms with Crippen LogP contribution in [-0.4, -0.2) is 30.2 Å². The lowest BCUT2D eigenvalue weighted by atomic mass is 10.1. The maximum atomic E-state index is 5.00. The number of aromatic nitrogens is 2. The Balaban J connectivity index is 1.58. The molecule has 0 spiro atoms. The van der Waals surface area contributed by atoms with Gasteiger partial charge in [0, 0.05) is 44.1 Å². The van der Waals surface area contributed by atoms with Crippen molar-refractivity contribution in [3.05, 3.63) is 59.2 Å². The minimum atomic E-state index is 0.429. The highest BCUT2D eigenvalue weighted by molar-refractivity contribution is 5.35. The molecule has 1 aliphatic rings. The molecule has 1 aromatic heterocycles. The van der Waals surface area contributed by atoms with Crippen LogP contribution >= 0.6 is 0 Å². The Kier molecular flexibility index (Phi) is 4.58. The molecule has 0 fully saturated rings. The van der Waals surface area contributed by atoms with E-state index in [-0.39, 0.29) is 0 Å². The van der Waals surface area contributed by atoms with Crippen LogP contribution in [-0.2, 0) is 24.1 Å². The van der Waals surface area contributed by atoms with Crippen LogP contribution in [0.4, 0.5) is 0 Å². The van der Waals surface area contributed by atoms with Crippen molar-refractivity contribution in [3.63, 3.8) is 0 Å². The van der Waals surface area contributed by atoms with Gasteiger partial charge >= 0.3 is 0 Å². The van der Waals surface area contributed by atoms with Gasteiger partial charge in [-0.15, -0.1) is 0 Å². The number of hydrogen-bond acceptors (Lipinski definition) is 4. The normalized spacial score (nSPS) is 14.3. The number of rotatable bonds is 6. The molecule has 3 rings (SSSR count). The largest absolute Gasteiger partial charge is 0.383 e. The van der Waals surface area contributed by atoms with E-state index in [1.807, 2.05) is 12.4 Å². The minimum absolute atomic E-state index is 0.429. The van der Waals surface area contributed by atoms with Gasteiger partial charge in [0.2, 0.25) is 0 Å². The first-order valence-corrected chi connectivity index (χ1v) is 7.44. The van der Waals surface area contributed by atoms with Gasteiger partial charge in [-0.05, 0) is 24.0 Å². The summed E-state index contributed by atoms with van der Waals surface area (Å²) in [7, 11) is 1.71. The van der Waals surface area contributed by atoms with Crippen LogP contribution in [0, 0.1) is 0 Å². The Hall–Kier alpha value is -1.78. The molecule has 0 bridgehead atoms. The molecule has 0 atom stereocenters. The lowest BCUT2D eigenvalue weighted by Crippen LogP contribution is -2.19. The van der Waals surface area contributed by atoms with Crippen molar-refractivity contribution in [2.24, 2.45) is 0 Å². The lowest BCUT2D eigenvalue weighted by molar-refractivity contribution is 0.199. The van der Waals surface area contributed by atoms with Gasteiger partial charge in [0.25, 0.3) is 0 Å². The van der Waals surface area contributed by atoms with Crippen LogP contribution in [0.3, 0.4) is 0 Å². The Labute approximate surface area is 125 Å². The number of ether oxygens (including phenoxy) is 1. The lowest BCUT2D eigenvalue weighted by Gasteiger charge is -2.08. The Morgan fingerprint density at radius 3 is 2.43 bits per heavy atom. The fourth-order valence-corrected chi connectivity index (χ4v) is 2.82. The van der Waals surface area contributed by atoms with Crippen molar-refractivity contribution in [2.75, 3.05) is 20.3 Å². The third-order valence-electron chi connectivity index (χ3n) is 3.95. The third kappa shape index (κ3) is 3.46. The van der Waals surface area contributed by atoms with E-state index in [1.165, 1.54) is 11.1 Å². The monoisotopic (exact) mass is 283 g/mol. The van der Waals surface area contributed by atoms with Crippen LogP contribution in [0.5, 0.6) is 0 Å². The highest BCUT2D eigenvalue weighted by Gasteiger charge is 2.24. The molecule has 0 aliphatic heterocycles. The number of hydrogen-bond donors (Lipinski definition) is 1. The number of methoxy groups -OCH3 is 1. The van der Waals surface area contributed by atoms with E-state index in [0.717, 1.165) is 43.9 Å². The topological polar surface area (TPSA) is 47.0 Å². The summed E-state index contributed by atoms with van der Waals surface area (Å²) in [5.41, 5.74) is 4.00. The molecule has 4 heteroatoms. The first-order valence-electron chi connectivity index (χ1n) is 7.44. The molecular weight excluding hydrogens is 262 g/mol. The van der Waals surface area contributed by atoms with Crippen molar-refractivity contribution >= 4 is 0 Å². The van der Waals surface area contributed by atoms with Crippen molar-refractivity contribution < 1.29 is 4.74 Å². The predicted molar refractivity (Wildman–Crippen MR) is 82.2 cm³/mol. The highest BCUT2D eigenvalue weighted by Crippen LogP contribution is 2.31. The van der Waals surface area contributed by atoms with Crippen LogP contribution in [0.25, 0.3) is 0 Å². The van der Waals surface area contributed by atoms with Gasteiger partial charge in [-0.25, -0.2) is 9.97 Å². The Bertz CT molecular complexity index is 558. The van der Waals surface area contributed by atoms with Crippen molar-refractivity contribution in [1.29, 1.82) is 0 Å². The summed E-state index contributed by atoms with van der Waals surface area (Å²) in [6.07, 6.45) is 5.99. The van der Waals surface area contributed by atoms with Gasteiger partial charge in [0.15, 0.2) is 0 Å². The summed E-state index contributed by atoms with van der Waals surface area (Å²) < 4.78 is 5.00. The zero-order chi connectivity index (χ0) is 14.5. The third-order valence-corrected chi connectivity index (χ3v) is 3.95. The molecule has 110 valence electrons. The molecule has 1 aromatic carbocycles. The van der Waals surface area contributed by atoms with E-state index in [1.54, 1.807) is 7.11 Å². The fraction of sp³-hybridized carbons (Fsp3) is 0.412. The second-order valence-electron chi connectivity index (χ2n) is 5.49. The SMILES string of the molecule is COCCNCc1cnc(C2Cc3ccccc3C2)nc1. The minimum Gasteiger partial charge on any atom is -0.383 e. The Morgan fingerprint density at radius 2 is 1.81 bits per heavy atom.